The van der Waals surface area contributed by atoms with Gasteiger partial charge in [-0.15, -0.1) is 0 Å². The molecule has 2 aromatic rings. The van der Waals surface area contributed by atoms with Gasteiger partial charge in [0.2, 0.25) is 0 Å². The highest BCUT2D eigenvalue weighted by Crippen LogP contribution is 2.30. The molecular formula is C18H18N2O3. The summed E-state index contributed by atoms with van der Waals surface area (Å²) in [5, 5.41) is 0. The summed E-state index contributed by atoms with van der Waals surface area (Å²) in [5.41, 5.74) is 2.12. The van der Waals surface area contributed by atoms with Crippen LogP contribution in [0.15, 0.2) is 48.8 Å². The van der Waals surface area contributed by atoms with Crippen molar-refractivity contribution in [3.05, 3.63) is 65.8 Å². The molecule has 0 bridgehead atoms. The summed E-state index contributed by atoms with van der Waals surface area (Å²) in [7, 11) is 1.79. The number of hydrogen-bond donors (Lipinski definition) is 0. The van der Waals surface area contributed by atoms with Gasteiger partial charge >= 0.3 is 5.97 Å². The maximum atomic E-state index is 12.6. The summed E-state index contributed by atoms with van der Waals surface area (Å²) in [4.78, 5) is 28.1. The van der Waals surface area contributed by atoms with Gasteiger partial charge in [-0.05, 0) is 18.6 Å². The highest BCUT2D eigenvalue weighted by Gasteiger charge is 2.31. The largest absolute Gasteiger partial charge is 0.454 e. The lowest BCUT2D eigenvalue weighted by Gasteiger charge is -2.22. The number of ether oxygens (including phenoxy) is 1. The number of ketones is 1. The van der Waals surface area contributed by atoms with Gasteiger partial charge in [0.1, 0.15) is 6.10 Å². The second kappa shape index (κ2) is 6.20. The van der Waals surface area contributed by atoms with Crippen molar-refractivity contribution in [1.29, 1.82) is 0 Å². The molecule has 23 heavy (non-hydrogen) atoms. The normalized spacial score (nSPS) is 18.0. The molecule has 0 spiro atoms. The molecule has 118 valence electrons. The highest BCUT2D eigenvalue weighted by atomic mass is 16.5. The average molecular weight is 310 g/mol. The molecule has 5 nitrogen and oxygen atoms in total. The molecular weight excluding hydrogens is 292 g/mol. The molecule has 3 rings (SSSR count). The second-order valence-corrected chi connectivity index (χ2v) is 5.77. The van der Waals surface area contributed by atoms with Crippen LogP contribution >= 0.6 is 0 Å². The maximum absolute atomic E-state index is 12.6. The number of imidazole rings is 1. The Bertz CT molecular complexity index is 759. The average Bonchev–Trinajstić information content (AvgIpc) is 3.14. The van der Waals surface area contributed by atoms with E-state index in [0.717, 1.165) is 11.1 Å². The van der Waals surface area contributed by atoms with Crippen molar-refractivity contribution in [2.45, 2.75) is 25.4 Å². The van der Waals surface area contributed by atoms with Crippen molar-refractivity contribution in [3.63, 3.8) is 0 Å². The molecule has 2 atom stereocenters. The van der Waals surface area contributed by atoms with Gasteiger partial charge in [0.15, 0.2) is 11.6 Å². The van der Waals surface area contributed by atoms with E-state index in [1.165, 1.54) is 6.08 Å². The third-order valence-electron chi connectivity index (χ3n) is 4.05. The first-order valence-electron chi connectivity index (χ1n) is 7.50. The fraction of sp³-hybridized carbons (Fsp3) is 0.278. The van der Waals surface area contributed by atoms with E-state index in [0.29, 0.717) is 5.82 Å². The SMILES string of the molecule is Cc1ccc([C@@H](CC(=O)c2nccn2C)[C@H]2C=CC(=O)O2)cc1. The Morgan fingerprint density at radius 2 is 2.09 bits per heavy atom. The minimum absolute atomic E-state index is 0.0700. The van der Waals surface area contributed by atoms with Crippen LogP contribution in [0.3, 0.4) is 0 Å². The van der Waals surface area contributed by atoms with Crippen molar-refractivity contribution < 1.29 is 14.3 Å². The van der Waals surface area contributed by atoms with Crippen LogP contribution in [0, 0.1) is 6.92 Å². The molecule has 0 aliphatic carbocycles. The fourth-order valence-electron chi connectivity index (χ4n) is 2.77. The van der Waals surface area contributed by atoms with E-state index >= 15 is 0 Å². The lowest BCUT2D eigenvalue weighted by atomic mass is 9.88. The number of esters is 1. The van der Waals surface area contributed by atoms with Crippen molar-refractivity contribution in [3.8, 4) is 0 Å². The minimum Gasteiger partial charge on any atom is -0.454 e. The monoisotopic (exact) mass is 310 g/mol. The summed E-state index contributed by atoms with van der Waals surface area (Å²) in [6.07, 6.45) is 6.29. The van der Waals surface area contributed by atoms with E-state index in [4.69, 9.17) is 4.74 Å². The van der Waals surface area contributed by atoms with Gasteiger partial charge in [-0.2, -0.15) is 0 Å². The Kier molecular flexibility index (Phi) is 4.10. The second-order valence-electron chi connectivity index (χ2n) is 5.77. The van der Waals surface area contributed by atoms with Crippen LogP contribution in [0.1, 0.15) is 34.1 Å². The summed E-state index contributed by atoms with van der Waals surface area (Å²) in [6, 6.07) is 7.94. The topological polar surface area (TPSA) is 61.2 Å². The summed E-state index contributed by atoms with van der Waals surface area (Å²) < 4.78 is 7.03. The number of hydrogen-bond acceptors (Lipinski definition) is 4. The minimum atomic E-state index is -0.422. The molecule has 0 amide bonds. The molecule has 0 saturated carbocycles. The Morgan fingerprint density at radius 3 is 2.65 bits per heavy atom. The molecule has 1 aliphatic rings. The third-order valence-corrected chi connectivity index (χ3v) is 4.05. The van der Waals surface area contributed by atoms with Gasteiger partial charge in [0.05, 0.1) is 0 Å². The lowest BCUT2D eigenvalue weighted by Crippen LogP contribution is -2.23. The predicted molar refractivity (Wildman–Crippen MR) is 85.1 cm³/mol. The number of aromatic nitrogens is 2. The quantitative estimate of drug-likeness (QED) is 0.629. The Balaban J connectivity index is 1.87. The van der Waals surface area contributed by atoms with Crippen LogP contribution in [0.25, 0.3) is 0 Å². The van der Waals surface area contributed by atoms with E-state index in [1.54, 1.807) is 30.1 Å². The van der Waals surface area contributed by atoms with Crippen LogP contribution in [0.2, 0.25) is 0 Å². The van der Waals surface area contributed by atoms with Gasteiger partial charge in [-0.3, -0.25) is 4.79 Å². The number of nitrogens with zero attached hydrogens (tertiary/aromatic N) is 2. The first-order chi connectivity index (χ1) is 11.0. The first-order valence-corrected chi connectivity index (χ1v) is 7.50. The third kappa shape index (κ3) is 3.23. The van der Waals surface area contributed by atoms with Crippen molar-refractivity contribution in [2.75, 3.05) is 0 Å². The number of rotatable bonds is 5. The Morgan fingerprint density at radius 1 is 1.35 bits per heavy atom. The van der Waals surface area contributed by atoms with Gasteiger partial charge in [0, 0.05) is 37.9 Å². The van der Waals surface area contributed by atoms with Crippen molar-refractivity contribution in [1.82, 2.24) is 9.55 Å². The van der Waals surface area contributed by atoms with Crippen LogP contribution in [0.4, 0.5) is 0 Å². The van der Waals surface area contributed by atoms with Crippen molar-refractivity contribution >= 4 is 11.8 Å². The molecule has 1 aromatic carbocycles. The zero-order valence-electron chi connectivity index (χ0n) is 13.1. The molecule has 0 fully saturated rings. The number of Topliss-reactive ketones (excluding diaryl/α,β-unsaturated/α-hetero) is 1. The zero-order valence-corrected chi connectivity index (χ0v) is 13.1. The molecule has 0 N–H and O–H groups in total. The van der Waals surface area contributed by atoms with Crippen LogP contribution in [0.5, 0.6) is 0 Å². The fourth-order valence-corrected chi connectivity index (χ4v) is 2.77. The Hall–Kier alpha value is -2.69. The molecule has 0 unspecified atom stereocenters. The molecule has 0 saturated heterocycles. The molecule has 0 radical (unpaired) electrons. The Labute approximate surface area is 134 Å². The van der Waals surface area contributed by atoms with E-state index < -0.39 is 6.10 Å². The van der Waals surface area contributed by atoms with Gasteiger partial charge in [0.25, 0.3) is 0 Å². The van der Waals surface area contributed by atoms with Crippen LogP contribution in [-0.4, -0.2) is 27.4 Å². The summed E-state index contributed by atoms with van der Waals surface area (Å²) in [5.74, 6) is -0.242. The molecule has 1 aliphatic heterocycles. The number of carbonyl (C=O) groups is 2. The zero-order chi connectivity index (χ0) is 16.4. The van der Waals surface area contributed by atoms with Gasteiger partial charge < -0.3 is 9.30 Å². The predicted octanol–water partition coefficient (Wildman–Crippen LogP) is 2.57. The lowest BCUT2D eigenvalue weighted by molar-refractivity contribution is -0.139. The van der Waals surface area contributed by atoms with Crippen molar-refractivity contribution in [2.24, 2.45) is 7.05 Å². The first kappa shape index (κ1) is 15.2. The molecule has 2 heterocycles. The van der Waals surface area contributed by atoms with Gasteiger partial charge in [-0.25, -0.2) is 9.78 Å². The smallest absolute Gasteiger partial charge is 0.331 e. The number of benzene rings is 1. The van der Waals surface area contributed by atoms with E-state index in [9.17, 15) is 9.59 Å². The van der Waals surface area contributed by atoms with Crippen LogP contribution in [-0.2, 0) is 16.6 Å². The van der Waals surface area contributed by atoms with Gasteiger partial charge in [-0.1, -0.05) is 29.8 Å². The summed E-state index contributed by atoms with van der Waals surface area (Å²) >= 11 is 0. The van der Waals surface area contributed by atoms with E-state index in [-0.39, 0.29) is 24.1 Å². The number of carbonyl (C=O) groups excluding carboxylic acids is 2. The number of cyclic esters (lactones) is 1. The maximum Gasteiger partial charge on any atom is 0.331 e. The van der Waals surface area contributed by atoms with E-state index in [2.05, 4.69) is 4.98 Å². The molecule has 5 heteroatoms. The highest BCUT2D eigenvalue weighted by molar-refractivity contribution is 5.93. The summed E-state index contributed by atoms with van der Waals surface area (Å²) in [6.45, 7) is 2.01. The standard InChI is InChI=1S/C18H18N2O3/c1-12-3-5-13(6-4-12)14(16-7-8-17(22)23-16)11-15(21)18-19-9-10-20(18)2/h3-10,14,16H,11H2,1-2H3/t14-,16-/m1/s1. The van der Waals surface area contributed by atoms with Crippen LogP contribution < -0.4 is 0 Å². The number of aryl methyl sites for hydroxylation is 2. The van der Waals surface area contributed by atoms with E-state index in [1.807, 2.05) is 31.2 Å². The molecule has 1 aromatic heterocycles.